The smallest absolute Gasteiger partial charge is 0.127 e. The summed E-state index contributed by atoms with van der Waals surface area (Å²) in [5, 5.41) is 12.2. The van der Waals surface area contributed by atoms with E-state index in [2.05, 4.69) is 16.3 Å². The first-order valence-electron chi connectivity index (χ1n) is 6.71. The maximum absolute atomic E-state index is 13.6. The highest BCUT2D eigenvalue weighted by Gasteiger charge is 2.32. The molecule has 1 N–H and O–H groups in total. The first kappa shape index (κ1) is 14.0. The van der Waals surface area contributed by atoms with E-state index < -0.39 is 0 Å². The average molecular weight is 261 g/mol. The predicted octanol–water partition coefficient (Wildman–Crippen LogP) is 2.29. The Morgan fingerprint density at radius 1 is 1.37 bits per heavy atom. The van der Waals surface area contributed by atoms with Gasteiger partial charge >= 0.3 is 0 Å². The molecule has 0 aromatic heterocycles. The van der Waals surface area contributed by atoms with Crippen LogP contribution in [0.4, 0.5) is 4.39 Å². The molecule has 0 aliphatic carbocycles. The lowest BCUT2D eigenvalue weighted by atomic mass is 9.85. The van der Waals surface area contributed by atoms with Crippen molar-refractivity contribution >= 4 is 0 Å². The quantitative estimate of drug-likeness (QED) is 0.904. The Balaban J connectivity index is 1.94. The van der Waals surface area contributed by atoms with Gasteiger partial charge in [-0.3, -0.25) is 4.90 Å². The van der Waals surface area contributed by atoms with Gasteiger partial charge in [0.1, 0.15) is 5.82 Å². The van der Waals surface area contributed by atoms with Crippen molar-refractivity contribution in [1.82, 2.24) is 10.2 Å². The van der Waals surface area contributed by atoms with Gasteiger partial charge in [-0.15, -0.1) is 0 Å². The van der Waals surface area contributed by atoms with Crippen LogP contribution in [-0.2, 0) is 6.54 Å². The lowest BCUT2D eigenvalue weighted by Gasteiger charge is -2.40. The van der Waals surface area contributed by atoms with Crippen molar-refractivity contribution in [3.05, 3.63) is 35.6 Å². The zero-order chi connectivity index (χ0) is 13.7. The topological polar surface area (TPSA) is 39.1 Å². The minimum atomic E-state index is -0.134. The number of likely N-dealkylation sites (tertiary alicyclic amines) is 1. The zero-order valence-electron chi connectivity index (χ0n) is 11.3. The maximum Gasteiger partial charge on any atom is 0.127 e. The summed E-state index contributed by atoms with van der Waals surface area (Å²) in [6.07, 6.45) is 2.41. The molecule has 2 rings (SSSR count). The Labute approximate surface area is 114 Å². The second-order valence-corrected chi connectivity index (χ2v) is 5.23. The number of halogens is 1. The van der Waals surface area contributed by atoms with Gasteiger partial charge in [0, 0.05) is 30.7 Å². The second kappa shape index (κ2) is 6.14. The van der Waals surface area contributed by atoms with Crippen LogP contribution in [-0.4, -0.2) is 30.6 Å². The third-order valence-corrected chi connectivity index (χ3v) is 4.11. The highest BCUT2D eigenvalue weighted by Crippen LogP contribution is 2.26. The number of nitriles is 1. The molecule has 1 heterocycles. The third kappa shape index (κ3) is 3.31. The molecule has 0 unspecified atom stereocenters. The molecule has 0 atom stereocenters. The summed E-state index contributed by atoms with van der Waals surface area (Å²) in [7, 11) is 1.92. The Hall–Kier alpha value is -1.44. The minimum Gasteiger partial charge on any atom is -0.313 e. The van der Waals surface area contributed by atoms with Crippen molar-refractivity contribution in [3.8, 4) is 6.07 Å². The molecule has 1 aromatic carbocycles. The van der Waals surface area contributed by atoms with Gasteiger partial charge in [-0.2, -0.15) is 5.26 Å². The molecule has 0 bridgehead atoms. The number of rotatable bonds is 4. The van der Waals surface area contributed by atoms with Gasteiger partial charge in [-0.25, -0.2) is 4.39 Å². The average Bonchev–Trinajstić information content (AvgIpc) is 2.44. The van der Waals surface area contributed by atoms with E-state index in [0.29, 0.717) is 13.0 Å². The monoisotopic (exact) mass is 261 g/mol. The lowest BCUT2D eigenvalue weighted by molar-refractivity contribution is 0.136. The highest BCUT2D eigenvalue weighted by atomic mass is 19.1. The molecule has 0 saturated carbocycles. The van der Waals surface area contributed by atoms with Crippen LogP contribution in [0.5, 0.6) is 0 Å². The fourth-order valence-electron chi connectivity index (χ4n) is 2.67. The summed E-state index contributed by atoms with van der Waals surface area (Å²) in [5.74, 6) is -0.134. The van der Waals surface area contributed by atoms with Crippen molar-refractivity contribution < 1.29 is 4.39 Å². The summed E-state index contributed by atoms with van der Waals surface area (Å²) in [4.78, 5) is 2.26. The van der Waals surface area contributed by atoms with E-state index in [1.165, 1.54) is 6.07 Å². The van der Waals surface area contributed by atoms with Gasteiger partial charge < -0.3 is 5.32 Å². The standard InChI is InChI=1S/C15H20FN3/c1-18-15(6-9-17)7-10-19(11-8-15)12-13-4-2-3-5-14(13)16/h2-5,18H,6-8,10-12H2,1H3. The molecule has 19 heavy (non-hydrogen) atoms. The largest absolute Gasteiger partial charge is 0.313 e. The molecule has 0 amide bonds. The molecule has 0 radical (unpaired) electrons. The van der Waals surface area contributed by atoms with E-state index in [1.807, 2.05) is 19.2 Å². The summed E-state index contributed by atoms with van der Waals surface area (Å²) in [6.45, 7) is 2.45. The molecule has 1 saturated heterocycles. The number of piperidine rings is 1. The Morgan fingerprint density at radius 3 is 2.63 bits per heavy atom. The van der Waals surface area contributed by atoms with Gasteiger partial charge in [-0.1, -0.05) is 18.2 Å². The number of nitrogens with zero attached hydrogens (tertiary/aromatic N) is 2. The molecular weight excluding hydrogens is 241 g/mol. The number of benzene rings is 1. The number of hydrogen-bond donors (Lipinski definition) is 1. The predicted molar refractivity (Wildman–Crippen MR) is 72.9 cm³/mol. The summed E-state index contributed by atoms with van der Waals surface area (Å²) >= 11 is 0. The van der Waals surface area contributed by atoms with Crippen molar-refractivity contribution in [2.45, 2.75) is 31.3 Å². The zero-order valence-corrected chi connectivity index (χ0v) is 11.3. The summed E-state index contributed by atoms with van der Waals surface area (Å²) in [5.41, 5.74) is 0.695. The van der Waals surface area contributed by atoms with Crippen LogP contribution in [0.15, 0.2) is 24.3 Å². The fourth-order valence-corrected chi connectivity index (χ4v) is 2.67. The Bertz CT molecular complexity index is 459. The van der Waals surface area contributed by atoms with E-state index in [-0.39, 0.29) is 11.4 Å². The van der Waals surface area contributed by atoms with Gasteiger partial charge in [0.05, 0.1) is 12.5 Å². The van der Waals surface area contributed by atoms with E-state index in [0.717, 1.165) is 31.5 Å². The number of hydrogen-bond acceptors (Lipinski definition) is 3. The van der Waals surface area contributed by atoms with Crippen LogP contribution in [0, 0.1) is 17.1 Å². The molecule has 1 fully saturated rings. The van der Waals surface area contributed by atoms with E-state index in [9.17, 15) is 4.39 Å². The first-order valence-corrected chi connectivity index (χ1v) is 6.71. The van der Waals surface area contributed by atoms with Gasteiger partial charge in [0.25, 0.3) is 0 Å². The summed E-state index contributed by atoms with van der Waals surface area (Å²) in [6, 6.07) is 9.19. The van der Waals surface area contributed by atoms with Crippen LogP contribution in [0.3, 0.4) is 0 Å². The van der Waals surface area contributed by atoms with Crippen LogP contribution in [0.2, 0.25) is 0 Å². The molecule has 1 aromatic rings. The second-order valence-electron chi connectivity index (χ2n) is 5.23. The van der Waals surface area contributed by atoms with Crippen LogP contribution >= 0.6 is 0 Å². The Kier molecular flexibility index (Phi) is 4.52. The van der Waals surface area contributed by atoms with Gasteiger partial charge in [0.15, 0.2) is 0 Å². The van der Waals surface area contributed by atoms with Gasteiger partial charge in [0.2, 0.25) is 0 Å². The van der Waals surface area contributed by atoms with Crippen LogP contribution < -0.4 is 5.32 Å². The highest BCUT2D eigenvalue weighted by molar-refractivity contribution is 5.17. The van der Waals surface area contributed by atoms with E-state index >= 15 is 0 Å². The van der Waals surface area contributed by atoms with Crippen molar-refractivity contribution in [1.29, 1.82) is 5.26 Å². The van der Waals surface area contributed by atoms with Crippen molar-refractivity contribution in [2.24, 2.45) is 0 Å². The van der Waals surface area contributed by atoms with Crippen LogP contribution in [0.1, 0.15) is 24.8 Å². The molecule has 1 aliphatic heterocycles. The molecular formula is C15H20FN3. The SMILES string of the molecule is CNC1(CC#N)CCN(Cc2ccccc2F)CC1. The molecule has 3 nitrogen and oxygen atoms in total. The molecule has 4 heteroatoms. The molecule has 0 spiro atoms. The first-order chi connectivity index (χ1) is 9.19. The molecule has 102 valence electrons. The third-order valence-electron chi connectivity index (χ3n) is 4.11. The normalized spacial score (nSPS) is 19.0. The van der Waals surface area contributed by atoms with Crippen molar-refractivity contribution in [3.63, 3.8) is 0 Å². The van der Waals surface area contributed by atoms with Crippen LogP contribution in [0.25, 0.3) is 0 Å². The lowest BCUT2D eigenvalue weighted by Crippen LogP contribution is -2.51. The van der Waals surface area contributed by atoms with Gasteiger partial charge in [-0.05, 0) is 26.0 Å². The maximum atomic E-state index is 13.6. The number of nitrogens with one attached hydrogen (secondary N) is 1. The van der Waals surface area contributed by atoms with E-state index in [4.69, 9.17) is 5.26 Å². The molecule has 1 aliphatic rings. The van der Waals surface area contributed by atoms with E-state index in [1.54, 1.807) is 6.07 Å². The fraction of sp³-hybridized carbons (Fsp3) is 0.533. The summed E-state index contributed by atoms with van der Waals surface area (Å²) < 4.78 is 13.6. The minimum absolute atomic E-state index is 0.0551. The Morgan fingerprint density at radius 2 is 2.05 bits per heavy atom. The van der Waals surface area contributed by atoms with Crippen molar-refractivity contribution in [2.75, 3.05) is 20.1 Å².